The maximum Gasteiger partial charge on any atom is 0.307 e. The third-order valence-electron chi connectivity index (χ3n) is 8.43. The molecule has 4 nitrogen and oxygen atoms in total. The van der Waals surface area contributed by atoms with Crippen LogP contribution in [0.1, 0.15) is 76.3 Å². The second-order valence-electron chi connectivity index (χ2n) is 10.5. The van der Waals surface area contributed by atoms with Crippen molar-refractivity contribution in [2.45, 2.75) is 77.7 Å². The number of aliphatic carboxylic acids is 1. The largest absolute Gasteiger partial charge is 0.508 e. The average molecular weight is 400 g/mol. The van der Waals surface area contributed by atoms with E-state index >= 15 is 0 Å². The molecular formula is C25H37NO3. The number of carboxylic acids is 1. The van der Waals surface area contributed by atoms with Crippen LogP contribution in [0.25, 0.3) is 0 Å². The Hall–Kier alpha value is -1.55. The lowest BCUT2D eigenvalue weighted by molar-refractivity contribution is -0.142. The van der Waals surface area contributed by atoms with Crippen molar-refractivity contribution in [1.82, 2.24) is 5.32 Å². The molecule has 160 valence electrons. The minimum Gasteiger partial charge on any atom is -0.508 e. The summed E-state index contributed by atoms with van der Waals surface area (Å²) in [5, 5.41) is 23.2. The van der Waals surface area contributed by atoms with Gasteiger partial charge in [-0.25, -0.2) is 0 Å². The first kappa shape index (κ1) is 20.7. The highest BCUT2D eigenvalue weighted by Gasteiger charge is 2.54. The van der Waals surface area contributed by atoms with Crippen LogP contribution in [0.3, 0.4) is 0 Å². The molecule has 5 unspecified atom stereocenters. The number of fused-ring (bicyclic) bond motifs is 5. The first-order chi connectivity index (χ1) is 13.8. The van der Waals surface area contributed by atoms with Gasteiger partial charge in [0.1, 0.15) is 5.75 Å². The van der Waals surface area contributed by atoms with E-state index in [0.29, 0.717) is 36.1 Å². The zero-order valence-corrected chi connectivity index (χ0v) is 18.2. The van der Waals surface area contributed by atoms with Crippen LogP contribution in [-0.4, -0.2) is 28.8 Å². The SMILES string of the molecule is CC(C)CC(CNC1CCC2C3CCc4cc(O)ccc4C3CC[C@]12C)C(=O)O. The molecule has 2 saturated carbocycles. The van der Waals surface area contributed by atoms with Crippen LogP contribution in [0.15, 0.2) is 18.2 Å². The van der Waals surface area contributed by atoms with E-state index in [9.17, 15) is 15.0 Å². The molecule has 3 N–H and O–H groups in total. The molecule has 0 amide bonds. The van der Waals surface area contributed by atoms with Gasteiger partial charge in [0.05, 0.1) is 5.92 Å². The number of aryl methyl sites for hydroxylation is 1. The van der Waals surface area contributed by atoms with Crippen LogP contribution in [0, 0.1) is 29.1 Å². The van der Waals surface area contributed by atoms with Crippen molar-refractivity contribution in [2.75, 3.05) is 6.54 Å². The molecule has 6 atom stereocenters. The molecule has 0 aromatic heterocycles. The highest BCUT2D eigenvalue weighted by Crippen LogP contribution is 2.61. The monoisotopic (exact) mass is 399 g/mol. The van der Waals surface area contributed by atoms with Gasteiger partial charge in [-0.05, 0) is 97.3 Å². The number of phenols is 1. The number of rotatable bonds is 6. The maximum absolute atomic E-state index is 11.7. The van der Waals surface area contributed by atoms with Gasteiger partial charge in [-0.3, -0.25) is 4.79 Å². The van der Waals surface area contributed by atoms with Crippen LogP contribution >= 0.6 is 0 Å². The predicted octanol–water partition coefficient (Wildman–Crippen LogP) is 4.95. The standard InChI is InChI=1S/C25H37NO3/c1-15(2)12-17(24(28)29)14-26-23-9-8-22-21-6-4-16-13-18(27)5-7-19(16)20(21)10-11-25(22,23)3/h5,7,13,15,17,20-23,26-27H,4,6,8-12,14H2,1-3H3,(H,28,29)/t17?,20?,21?,22?,23?,25-/m0/s1. The van der Waals surface area contributed by atoms with Gasteiger partial charge < -0.3 is 15.5 Å². The van der Waals surface area contributed by atoms with Crippen molar-refractivity contribution in [3.63, 3.8) is 0 Å². The Kier molecular flexibility index (Phi) is 5.67. The summed E-state index contributed by atoms with van der Waals surface area (Å²) >= 11 is 0. The Labute approximate surface area is 175 Å². The third kappa shape index (κ3) is 3.81. The Balaban J connectivity index is 1.47. The van der Waals surface area contributed by atoms with Crippen molar-refractivity contribution in [2.24, 2.45) is 29.1 Å². The number of aromatic hydroxyl groups is 1. The van der Waals surface area contributed by atoms with Gasteiger partial charge in [-0.1, -0.05) is 26.8 Å². The van der Waals surface area contributed by atoms with Crippen LogP contribution in [0.5, 0.6) is 5.75 Å². The quantitative estimate of drug-likeness (QED) is 0.633. The number of phenolic OH excluding ortho intramolecular Hbond substituents is 1. The van der Waals surface area contributed by atoms with E-state index < -0.39 is 5.97 Å². The van der Waals surface area contributed by atoms with Gasteiger partial charge >= 0.3 is 5.97 Å². The molecule has 4 rings (SSSR count). The molecule has 0 saturated heterocycles. The number of carbonyl (C=O) groups is 1. The van der Waals surface area contributed by atoms with Crippen molar-refractivity contribution in [3.05, 3.63) is 29.3 Å². The first-order valence-corrected chi connectivity index (χ1v) is 11.6. The summed E-state index contributed by atoms with van der Waals surface area (Å²) in [4.78, 5) is 11.7. The van der Waals surface area contributed by atoms with E-state index in [4.69, 9.17) is 0 Å². The summed E-state index contributed by atoms with van der Waals surface area (Å²) in [7, 11) is 0. The molecule has 0 radical (unpaired) electrons. The van der Waals surface area contributed by atoms with Crippen LogP contribution in [0.2, 0.25) is 0 Å². The van der Waals surface area contributed by atoms with E-state index in [2.05, 4.69) is 32.2 Å². The fourth-order valence-corrected chi connectivity index (χ4v) is 7.03. The van der Waals surface area contributed by atoms with Gasteiger partial charge in [0.25, 0.3) is 0 Å². The van der Waals surface area contributed by atoms with Gasteiger partial charge in [-0.15, -0.1) is 0 Å². The number of hydrogen-bond donors (Lipinski definition) is 3. The fraction of sp³-hybridized carbons (Fsp3) is 0.720. The Bertz CT molecular complexity index is 760. The fourth-order valence-electron chi connectivity index (χ4n) is 7.03. The summed E-state index contributed by atoms with van der Waals surface area (Å²) in [6.07, 6.45) is 7.87. The van der Waals surface area contributed by atoms with E-state index in [1.807, 2.05) is 12.1 Å². The van der Waals surface area contributed by atoms with Crippen LogP contribution in [0.4, 0.5) is 0 Å². The summed E-state index contributed by atoms with van der Waals surface area (Å²) in [6, 6.07) is 6.43. The normalized spacial score (nSPS) is 34.3. The van der Waals surface area contributed by atoms with Crippen molar-refractivity contribution in [1.29, 1.82) is 0 Å². The minimum atomic E-state index is -0.665. The number of hydrogen-bond acceptors (Lipinski definition) is 3. The van der Waals surface area contributed by atoms with E-state index in [0.717, 1.165) is 18.8 Å². The molecule has 3 aliphatic carbocycles. The van der Waals surface area contributed by atoms with Gasteiger partial charge in [0.15, 0.2) is 0 Å². The lowest BCUT2D eigenvalue weighted by Crippen LogP contribution is -2.50. The molecular weight excluding hydrogens is 362 g/mol. The van der Waals surface area contributed by atoms with Crippen LogP contribution < -0.4 is 5.32 Å². The molecule has 2 fully saturated rings. The van der Waals surface area contributed by atoms with E-state index in [1.165, 1.54) is 43.2 Å². The van der Waals surface area contributed by atoms with Crippen molar-refractivity contribution in [3.8, 4) is 5.75 Å². The highest BCUT2D eigenvalue weighted by molar-refractivity contribution is 5.70. The molecule has 4 heteroatoms. The molecule has 0 aliphatic heterocycles. The number of nitrogens with one attached hydrogen (secondary N) is 1. The Morgan fingerprint density at radius 1 is 1.24 bits per heavy atom. The van der Waals surface area contributed by atoms with Crippen molar-refractivity contribution < 1.29 is 15.0 Å². The molecule has 0 spiro atoms. The second-order valence-corrected chi connectivity index (χ2v) is 10.5. The number of carboxylic acid groups (broad SMARTS) is 1. The lowest BCUT2D eigenvalue weighted by Gasteiger charge is -2.51. The molecule has 3 aliphatic rings. The van der Waals surface area contributed by atoms with Gasteiger partial charge in [-0.2, -0.15) is 0 Å². The Morgan fingerprint density at radius 3 is 2.76 bits per heavy atom. The minimum absolute atomic E-state index is 0.274. The van der Waals surface area contributed by atoms with Gasteiger partial charge in [0.2, 0.25) is 0 Å². The second kappa shape index (κ2) is 7.94. The topological polar surface area (TPSA) is 69.6 Å². The summed E-state index contributed by atoms with van der Waals surface area (Å²) < 4.78 is 0. The van der Waals surface area contributed by atoms with Crippen LogP contribution in [-0.2, 0) is 11.2 Å². The summed E-state index contributed by atoms with van der Waals surface area (Å²) in [6.45, 7) is 7.26. The smallest absolute Gasteiger partial charge is 0.307 e. The summed E-state index contributed by atoms with van der Waals surface area (Å²) in [5.74, 6) is 1.91. The summed E-state index contributed by atoms with van der Waals surface area (Å²) in [5.41, 5.74) is 3.09. The van der Waals surface area contributed by atoms with Gasteiger partial charge in [0, 0.05) is 12.6 Å². The maximum atomic E-state index is 11.7. The lowest BCUT2D eigenvalue weighted by atomic mass is 9.55. The first-order valence-electron chi connectivity index (χ1n) is 11.6. The third-order valence-corrected chi connectivity index (χ3v) is 8.43. The zero-order valence-electron chi connectivity index (χ0n) is 18.2. The van der Waals surface area contributed by atoms with E-state index in [-0.39, 0.29) is 11.3 Å². The highest BCUT2D eigenvalue weighted by atomic mass is 16.4. The molecule has 1 aromatic carbocycles. The zero-order chi connectivity index (χ0) is 20.8. The average Bonchev–Trinajstić information content (AvgIpc) is 3.00. The molecule has 0 heterocycles. The van der Waals surface area contributed by atoms with Crippen molar-refractivity contribution >= 4 is 5.97 Å². The number of benzene rings is 1. The molecule has 29 heavy (non-hydrogen) atoms. The van der Waals surface area contributed by atoms with E-state index in [1.54, 1.807) is 0 Å². The predicted molar refractivity (Wildman–Crippen MR) is 115 cm³/mol. The molecule has 0 bridgehead atoms. The Morgan fingerprint density at radius 2 is 2.03 bits per heavy atom. The molecule has 1 aromatic rings.